The molecule has 0 radical (unpaired) electrons. The number of carbonyl (C=O) groups excluding carboxylic acids is 2. The van der Waals surface area contributed by atoms with E-state index in [-0.39, 0.29) is 11.8 Å². The predicted molar refractivity (Wildman–Crippen MR) is 134 cm³/mol. The first kappa shape index (κ1) is 24.0. The minimum atomic E-state index is -0.0579. The Labute approximate surface area is 210 Å². The molecule has 5 rings (SSSR count). The highest BCUT2D eigenvalue weighted by Gasteiger charge is 2.28. The Hall–Kier alpha value is -3.75. The largest absolute Gasteiger partial charge is 0.493 e. The summed E-state index contributed by atoms with van der Waals surface area (Å²) in [6.45, 7) is 2.91. The fourth-order valence-corrected chi connectivity index (χ4v) is 5.31. The van der Waals surface area contributed by atoms with Crippen molar-refractivity contribution in [1.82, 2.24) is 19.4 Å². The van der Waals surface area contributed by atoms with Gasteiger partial charge in [-0.15, -0.1) is 0 Å². The number of likely N-dealkylation sites (tertiary alicyclic amines) is 2. The van der Waals surface area contributed by atoms with E-state index in [1.54, 1.807) is 44.2 Å². The molecule has 0 atom stereocenters. The van der Waals surface area contributed by atoms with Crippen molar-refractivity contribution < 1.29 is 23.8 Å². The Morgan fingerprint density at radius 2 is 1.50 bits per heavy atom. The smallest absolute Gasteiger partial charge is 0.257 e. The summed E-state index contributed by atoms with van der Waals surface area (Å²) in [7, 11) is 4.62. The average Bonchev–Trinajstić information content (AvgIpc) is 3.62. The lowest BCUT2D eigenvalue weighted by Crippen LogP contribution is -2.38. The van der Waals surface area contributed by atoms with Crippen molar-refractivity contribution in [3.8, 4) is 17.2 Å². The van der Waals surface area contributed by atoms with E-state index in [0.29, 0.717) is 47.4 Å². The minimum Gasteiger partial charge on any atom is -0.493 e. The zero-order chi connectivity index (χ0) is 25.2. The van der Waals surface area contributed by atoms with E-state index in [9.17, 15) is 9.59 Å². The summed E-state index contributed by atoms with van der Waals surface area (Å²) >= 11 is 0. The summed E-state index contributed by atoms with van der Waals surface area (Å²) in [4.78, 5) is 30.1. The van der Waals surface area contributed by atoms with E-state index in [1.807, 2.05) is 16.0 Å². The van der Waals surface area contributed by atoms with Crippen molar-refractivity contribution in [1.29, 1.82) is 0 Å². The number of amides is 2. The number of nitrogens with zero attached hydrogens (tertiary/aromatic N) is 4. The number of ether oxygens (including phenoxy) is 3. The maximum Gasteiger partial charge on any atom is 0.257 e. The quantitative estimate of drug-likeness (QED) is 0.523. The monoisotopic (exact) mass is 492 g/mol. The van der Waals surface area contributed by atoms with Gasteiger partial charge in [0, 0.05) is 37.9 Å². The van der Waals surface area contributed by atoms with Crippen LogP contribution in [0.25, 0.3) is 5.52 Å². The van der Waals surface area contributed by atoms with Crippen molar-refractivity contribution in [3.63, 3.8) is 0 Å². The van der Waals surface area contributed by atoms with Crippen LogP contribution in [-0.4, -0.2) is 78.7 Å². The number of pyridine rings is 1. The van der Waals surface area contributed by atoms with Gasteiger partial charge < -0.3 is 24.0 Å². The molecule has 0 unspecified atom stereocenters. The van der Waals surface area contributed by atoms with E-state index in [0.717, 1.165) is 44.3 Å². The molecule has 4 heterocycles. The van der Waals surface area contributed by atoms with Gasteiger partial charge in [0.15, 0.2) is 11.5 Å². The molecular weight excluding hydrogens is 460 g/mol. The summed E-state index contributed by atoms with van der Waals surface area (Å²) in [5.41, 5.74) is 3.20. The molecule has 9 heteroatoms. The molecule has 36 heavy (non-hydrogen) atoms. The van der Waals surface area contributed by atoms with Gasteiger partial charge in [0.2, 0.25) is 5.75 Å². The summed E-state index contributed by atoms with van der Waals surface area (Å²) in [5, 5.41) is 4.39. The standard InChI is InChI=1S/C27H32N4O5/c1-34-23-15-20(16-24(35-2)25(23)36-3)26(32)30-11-6-18(7-12-30)19-8-13-31-22(14-19)21(17-28-31)27(33)29-9-4-5-10-29/h8,13-18H,4-7,9-12H2,1-3H3. The van der Waals surface area contributed by atoms with Crippen LogP contribution < -0.4 is 14.2 Å². The molecule has 2 saturated heterocycles. The number of hydrogen-bond acceptors (Lipinski definition) is 6. The number of fused-ring (bicyclic) bond motifs is 1. The van der Waals surface area contributed by atoms with E-state index in [1.165, 1.54) is 5.56 Å². The van der Waals surface area contributed by atoms with Gasteiger partial charge >= 0.3 is 0 Å². The van der Waals surface area contributed by atoms with Gasteiger partial charge in [0.25, 0.3) is 11.8 Å². The van der Waals surface area contributed by atoms with Crippen molar-refractivity contribution in [2.45, 2.75) is 31.6 Å². The van der Waals surface area contributed by atoms with Crippen molar-refractivity contribution in [2.75, 3.05) is 47.5 Å². The highest BCUT2D eigenvalue weighted by Crippen LogP contribution is 2.39. The molecule has 2 amide bonds. The second kappa shape index (κ2) is 10.1. The van der Waals surface area contributed by atoms with Crippen LogP contribution in [0.5, 0.6) is 17.2 Å². The molecule has 190 valence electrons. The first-order valence-electron chi connectivity index (χ1n) is 12.4. The van der Waals surface area contributed by atoms with Gasteiger partial charge in [-0.25, -0.2) is 4.52 Å². The molecule has 0 bridgehead atoms. The van der Waals surface area contributed by atoms with Gasteiger partial charge in [-0.05, 0) is 61.4 Å². The van der Waals surface area contributed by atoms with Crippen LogP contribution in [0.3, 0.4) is 0 Å². The summed E-state index contributed by atoms with van der Waals surface area (Å²) in [6.07, 6.45) is 7.41. The molecule has 0 aliphatic carbocycles. The lowest BCUT2D eigenvalue weighted by molar-refractivity contribution is 0.0711. The number of benzene rings is 1. The highest BCUT2D eigenvalue weighted by atomic mass is 16.5. The highest BCUT2D eigenvalue weighted by molar-refractivity contribution is 6.00. The van der Waals surface area contributed by atoms with E-state index < -0.39 is 0 Å². The van der Waals surface area contributed by atoms with E-state index >= 15 is 0 Å². The third kappa shape index (κ3) is 4.34. The SMILES string of the molecule is COc1cc(C(=O)N2CCC(c3ccn4ncc(C(=O)N5CCCC5)c4c3)CC2)cc(OC)c1OC. The fourth-order valence-electron chi connectivity index (χ4n) is 5.31. The fraction of sp³-hybridized carbons (Fsp3) is 0.444. The van der Waals surface area contributed by atoms with Crippen molar-refractivity contribution in [3.05, 3.63) is 53.3 Å². The molecule has 0 N–H and O–H groups in total. The van der Waals surface area contributed by atoms with Crippen molar-refractivity contribution in [2.24, 2.45) is 0 Å². The Morgan fingerprint density at radius 1 is 0.861 bits per heavy atom. The Kier molecular flexibility index (Phi) is 6.71. The molecule has 2 aliphatic rings. The van der Waals surface area contributed by atoms with Crippen LogP contribution in [-0.2, 0) is 0 Å². The van der Waals surface area contributed by atoms with Gasteiger partial charge in [-0.2, -0.15) is 5.10 Å². The van der Waals surface area contributed by atoms with Crippen LogP contribution in [0.15, 0.2) is 36.7 Å². The minimum absolute atomic E-state index is 0.0579. The third-order valence-electron chi connectivity index (χ3n) is 7.33. The third-order valence-corrected chi connectivity index (χ3v) is 7.33. The average molecular weight is 493 g/mol. The number of hydrogen-bond donors (Lipinski definition) is 0. The molecule has 2 aromatic heterocycles. The molecule has 9 nitrogen and oxygen atoms in total. The lowest BCUT2D eigenvalue weighted by atomic mass is 9.89. The van der Waals surface area contributed by atoms with Gasteiger partial charge in [0.05, 0.1) is 38.6 Å². The number of carbonyl (C=O) groups is 2. The zero-order valence-electron chi connectivity index (χ0n) is 21.0. The number of methoxy groups -OCH3 is 3. The second-order valence-corrected chi connectivity index (χ2v) is 9.33. The normalized spacial score (nSPS) is 16.4. The van der Waals surface area contributed by atoms with Gasteiger partial charge in [-0.3, -0.25) is 9.59 Å². The maximum absolute atomic E-state index is 13.3. The molecule has 2 aliphatic heterocycles. The van der Waals surface area contributed by atoms with E-state index in [4.69, 9.17) is 14.2 Å². The van der Waals surface area contributed by atoms with Crippen LogP contribution in [0.4, 0.5) is 0 Å². The number of rotatable bonds is 6. The second-order valence-electron chi connectivity index (χ2n) is 9.33. The Bertz CT molecular complexity index is 1250. The van der Waals surface area contributed by atoms with Gasteiger partial charge in [-0.1, -0.05) is 0 Å². The van der Waals surface area contributed by atoms with Gasteiger partial charge in [0.1, 0.15) is 0 Å². The van der Waals surface area contributed by atoms with Crippen LogP contribution >= 0.6 is 0 Å². The molecule has 0 spiro atoms. The van der Waals surface area contributed by atoms with Crippen LogP contribution in [0.1, 0.15) is 57.9 Å². The molecule has 2 fully saturated rings. The summed E-state index contributed by atoms with van der Waals surface area (Å²) < 4.78 is 18.0. The molecular formula is C27H32N4O5. The van der Waals surface area contributed by atoms with Crippen LogP contribution in [0, 0.1) is 0 Å². The Balaban J connectivity index is 1.30. The first-order chi connectivity index (χ1) is 17.5. The topological polar surface area (TPSA) is 85.6 Å². The lowest BCUT2D eigenvalue weighted by Gasteiger charge is -2.32. The van der Waals surface area contributed by atoms with Crippen LogP contribution in [0.2, 0.25) is 0 Å². The molecule has 0 saturated carbocycles. The first-order valence-corrected chi connectivity index (χ1v) is 12.4. The summed E-state index contributed by atoms with van der Waals surface area (Å²) in [5.74, 6) is 1.70. The Morgan fingerprint density at radius 3 is 2.11 bits per heavy atom. The number of piperidine rings is 1. The molecule has 3 aromatic rings. The molecule has 1 aromatic carbocycles. The zero-order valence-corrected chi connectivity index (χ0v) is 21.0. The predicted octanol–water partition coefficient (Wildman–Crippen LogP) is 3.62. The maximum atomic E-state index is 13.3. The van der Waals surface area contributed by atoms with Crippen molar-refractivity contribution >= 4 is 17.3 Å². The van der Waals surface area contributed by atoms with E-state index in [2.05, 4.69) is 17.2 Å². The number of aromatic nitrogens is 2. The summed E-state index contributed by atoms with van der Waals surface area (Å²) in [6, 6.07) is 7.56.